The number of carbonyl (C=O) groups excluding carboxylic acids is 3. The number of aromatic nitrogens is 2. The highest BCUT2D eigenvalue weighted by Crippen LogP contribution is 2.28. The normalized spacial score (nSPS) is 15.4. The van der Waals surface area contributed by atoms with Crippen molar-refractivity contribution in [2.24, 2.45) is 0 Å². The first-order valence-electron chi connectivity index (χ1n) is 10.6. The highest BCUT2D eigenvalue weighted by atomic mass is 16.5. The summed E-state index contributed by atoms with van der Waals surface area (Å²) in [4.78, 5) is 41.8. The molecule has 0 aliphatic carbocycles. The number of hydrogen-bond acceptors (Lipinski definition) is 8. The minimum Gasteiger partial charge on any atom is -0.463 e. The second-order valence-corrected chi connectivity index (χ2v) is 7.36. The molecule has 2 N–H and O–H groups in total. The molecule has 10 nitrogen and oxygen atoms in total. The van der Waals surface area contributed by atoms with Crippen LogP contribution in [0.3, 0.4) is 0 Å². The number of nitrogens with zero attached hydrogens (tertiary/aromatic N) is 2. The number of amides is 2. The van der Waals surface area contributed by atoms with E-state index in [9.17, 15) is 14.4 Å². The molecule has 1 aliphatic rings. The number of ether oxygens (including phenoxy) is 2. The van der Waals surface area contributed by atoms with Crippen LogP contribution in [0.2, 0.25) is 0 Å². The van der Waals surface area contributed by atoms with E-state index in [-0.39, 0.29) is 30.0 Å². The van der Waals surface area contributed by atoms with Crippen molar-refractivity contribution < 1.29 is 28.4 Å². The summed E-state index contributed by atoms with van der Waals surface area (Å²) in [6.45, 7) is 3.22. The Kier molecular flexibility index (Phi) is 6.67. The molecule has 2 heterocycles. The van der Waals surface area contributed by atoms with Crippen LogP contribution in [-0.2, 0) is 14.3 Å². The largest absolute Gasteiger partial charge is 0.463 e. The van der Waals surface area contributed by atoms with Gasteiger partial charge >= 0.3 is 18.0 Å². The summed E-state index contributed by atoms with van der Waals surface area (Å²) < 4.78 is 15.7. The lowest BCUT2D eigenvalue weighted by Gasteiger charge is -2.29. The summed E-state index contributed by atoms with van der Waals surface area (Å²) in [6.07, 6.45) is 0. The predicted molar refractivity (Wildman–Crippen MR) is 119 cm³/mol. The van der Waals surface area contributed by atoms with E-state index in [1.165, 1.54) is 0 Å². The van der Waals surface area contributed by atoms with Crippen molar-refractivity contribution in [3.05, 3.63) is 82.8 Å². The van der Waals surface area contributed by atoms with Gasteiger partial charge in [0, 0.05) is 5.56 Å². The third-order valence-corrected chi connectivity index (χ3v) is 5.02. The predicted octanol–water partition coefficient (Wildman–Crippen LogP) is 3.07. The van der Waals surface area contributed by atoms with Crippen LogP contribution in [0.25, 0.3) is 11.5 Å². The fraction of sp³-hybridized carbons (Fsp3) is 0.208. The maximum Gasteiger partial charge on any atom is 0.338 e. The number of carbonyl (C=O) groups is 3. The van der Waals surface area contributed by atoms with Crippen molar-refractivity contribution in [2.75, 3.05) is 13.2 Å². The lowest BCUT2D eigenvalue weighted by Crippen LogP contribution is -2.47. The van der Waals surface area contributed by atoms with Crippen LogP contribution in [-0.4, -0.2) is 41.3 Å². The van der Waals surface area contributed by atoms with Gasteiger partial charge in [-0.1, -0.05) is 35.5 Å². The average Bonchev–Trinajstić information content (AvgIpc) is 3.29. The van der Waals surface area contributed by atoms with Crippen molar-refractivity contribution in [1.29, 1.82) is 0 Å². The van der Waals surface area contributed by atoms with Gasteiger partial charge in [0.05, 0.1) is 29.5 Å². The molecule has 1 atom stereocenters. The Morgan fingerprint density at radius 1 is 1.03 bits per heavy atom. The Morgan fingerprint density at radius 3 is 2.41 bits per heavy atom. The molecule has 0 saturated carbocycles. The Morgan fingerprint density at radius 2 is 1.76 bits per heavy atom. The third-order valence-electron chi connectivity index (χ3n) is 5.02. The van der Waals surface area contributed by atoms with Crippen LogP contribution in [0.4, 0.5) is 4.79 Å². The van der Waals surface area contributed by atoms with Gasteiger partial charge in [-0.05, 0) is 43.7 Å². The van der Waals surface area contributed by atoms with Crippen LogP contribution in [0.1, 0.15) is 34.7 Å². The summed E-state index contributed by atoms with van der Waals surface area (Å²) in [6, 6.07) is 14.2. The molecule has 1 aliphatic heterocycles. The fourth-order valence-corrected chi connectivity index (χ4v) is 3.46. The van der Waals surface area contributed by atoms with Gasteiger partial charge in [-0.25, -0.2) is 14.4 Å². The van der Waals surface area contributed by atoms with E-state index in [1.54, 1.807) is 62.4 Å². The van der Waals surface area contributed by atoms with Crippen molar-refractivity contribution in [2.45, 2.75) is 19.9 Å². The molecular weight excluding hydrogens is 440 g/mol. The Hall–Kier alpha value is -4.47. The molecule has 0 spiro atoms. The van der Waals surface area contributed by atoms with E-state index in [4.69, 9.17) is 14.0 Å². The van der Waals surface area contributed by atoms with E-state index >= 15 is 0 Å². The lowest BCUT2D eigenvalue weighted by atomic mass is 9.95. The number of esters is 2. The standard InChI is InChI=1S/C24H22N4O6/c1-3-32-23(30)19-18(26-24(31)27-20(19)15-7-5-4-6-8-15)13-33-22(29)17-11-9-16(10-12-17)21-25-14(2)28-34-21/h4-12,20H,3,13H2,1-2H3,(H2,26,27,31). The fourth-order valence-electron chi connectivity index (χ4n) is 3.46. The molecule has 0 saturated heterocycles. The number of benzene rings is 2. The average molecular weight is 462 g/mol. The van der Waals surface area contributed by atoms with Crippen LogP contribution >= 0.6 is 0 Å². The minimum atomic E-state index is -0.750. The van der Waals surface area contributed by atoms with Gasteiger partial charge in [-0.15, -0.1) is 0 Å². The van der Waals surface area contributed by atoms with Crippen molar-refractivity contribution in [3.63, 3.8) is 0 Å². The molecule has 1 unspecified atom stereocenters. The first kappa shape index (κ1) is 22.7. The Balaban J connectivity index is 1.55. The van der Waals surface area contributed by atoms with Crippen LogP contribution in [0.15, 0.2) is 70.4 Å². The third kappa shape index (κ3) is 4.96. The molecular formula is C24H22N4O6. The van der Waals surface area contributed by atoms with E-state index in [0.717, 1.165) is 0 Å². The summed E-state index contributed by atoms with van der Waals surface area (Å²) in [5.41, 5.74) is 1.94. The van der Waals surface area contributed by atoms with E-state index in [1.807, 2.05) is 6.07 Å². The number of nitrogens with one attached hydrogen (secondary N) is 2. The van der Waals surface area contributed by atoms with E-state index in [2.05, 4.69) is 20.8 Å². The van der Waals surface area contributed by atoms with Gasteiger partial charge in [-0.2, -0.15) is 4.98 Å². The molecule has 1 aromatic heterocycles. The van der Waals surface area contributed by atoms with Gasteiger partial charge in [-0.3, -0.25) is 0 Å². The zero-order valence-electron chi connectivity index (χ0n) is 18.5. The maximum absolute atomic E-state index is 12.8. The molecule has 10 heteroatoms. The lowest BCUT2D eigenvalue weighted by molar-refractivity contribution is -0.139. The van der Waals surface area contributed by atoms with Gasteiger partial charge < -0.3 is 24.6 Å². The summed E-state index contributed by atoms with van der Waals surface area (Å²) in [5.74, 6) is -0.407. The Labute approximate surface area is 194 Å². The SMILES string of the molecule is CCOC(=O)C1=C(COC(=O)c2ccc(-c3nc(C)no3)cc2)NC(=O)NC1c1ccccc1. The van der Waals surface area contributed by atoms with Gasteiger partial charge in [0.1, 0.15) is 6.61 Å². The van der Waals surface area contributed by atoms with Crippen LogP contribution < -0.4 is 10.6 Å². The minimum absolute atomic E-state index is 0.150. The van der Waals surface area contributed by atoms with Crippen LogP contribution in [0, 0.1) is 6.92 Å². The summed E-state index contributed by atoms with van der Waals surface area (Å²) in [5, 5.41) is 9.04. The second-order valence-electron chi connectivity index (χ2n) is 7.36. The number of aryl methyl sites for hydroxylation is 1. The topological polar surface area (TPSA) is 133 Å². The monoisotopic (exact) mass is 462 g/mol. The van der Waals surface area contributed by atoms with Gasteiger partial charge in [0.25, 0.3) is 5.89 Å². The molecule has 3 aromatic rings. The quantitative estimate of drug-likeness (QED) is 0.512. The molecule has 2 amide bonds. The van der Waals surface area contributed by atoms with E-state index in [0.29, 0.717) is 22.8 Å². The second kappa shape index (κ2) is 9.99. The number of hydrogen-bond donors (Lipinski definition) is 2. The zero-order valence-corrected chi connectivity index (χ0v) is 18.5. The molecule has 0 radical (unpaired) electrons. The number of urea groups is 1. The van der Waals surface area contributed by atoms with Gasteiger partial charge in [0.15, 0.2) is 5.82 Å². The number of rotatable bonds is 7. The van der Waals surface area contributed by atoms with Crippen molar-refractivity contribution >= 4 is 18.0 Å². The molecule has 174 valence electrons. The first-order valence-corrected chi connectivity index (χ1v) is 10.6. The van der Waals surface area contributed by atoms with Crippen LogP contribution in [0.5, 0.6) is 0 Å². The Bertz CT molecular complexity index is 1230. The van der Waals surface area contributed by atoms with Crippen molar-refractivity contribution in [1.82, 2.24) is 20.8 Å². The summed E-state index contributed by atoms with van der Waals surface area (Å²) >= 11 is 0. The van der Waals surface area contributed by atoms with Crippen molar-refractivity contribution in [3.8, 4) is 11.5 Å². The zero-order chi connectivity index (χ0) is 24.1. The molecule has 0 fully saturated rings. The maximum atomic E-state index is 12.8. The molecule has 4 rings (SSSR count). The highest BCUT2D eigenvalue weighted by Gasteiger charge is 2.34. The smallest absolute Gasteiger partial charge is 0.338 e. The van der Waals surface area contributed by atoms with E-state index < -0.39 is 24.0 Å². The summed E-state index contributed by atoms with van der Waals surface area (Å²) in [7, 11) is 0. The van der Waals surface area contributed by atoms with Gasteiger partial charge in [0.2, 0.25) is 0 Å². The highest BCUT2D eigenvalue weighted by molar-refractivity contribution is 5.95. The first-order chi connectivity index (χ1) is 16.5. The molecule has 0 bridgehead atoms. The molecule has 34 heavy (non-hydrogen) atoms. The molecule has 2 aromatic carbocycles.